The van der Waals surface area contributed by atoms with Gasteiger partial charge in [0.1, 0.15) is 5.69 Å². The van der Waals surface area contributed by atoms with Crippen LogP contribution in [0.5, 0.6) is 0 Å². The number of rotatable bonds is 5. The molecule has 0 radical (unpaired) electrons. The molecule has 3 aromatic heterocycles. The minimum absolute atomic E-state index is 0.107. The number of pyridine rings is 3. The highest BCUT2D eigenvalue weighted by molar-refractivity contribution is 5.92. The molecule has 4 heterocycles. The molecule has 0 bridgehead atoms. The predicted octanol–water partition coefficient (Wildman–Crippen LogP) is 5.59. The van der Waals surface area contributed by atoms with Gasteiger partial charge >= 0.3 is 6.18 Å². The van der Waals surface area contributed by atoms with Crippen LogP contribution in [0.3, 0.4) is 0 Å². The van der Waals surface area contributed by atoms with Crippen molar-refractivity contribution in [1.82, 2.24) is 19.9 Å². The van der Waals surface area contributed by atoms with Crippen molar-refractivity contribution in [3.05, 3.63) is 77.1 Å². The van der Waals surface area contributed by atoms with Crippen LogP contribution in [-0.4, -0.2) is 40.6 Å². The summed E-state index contributed by atoms with van der Waals surface area (Å²) in [5.41, 5.74) is 4.26. The van der Waals surface area contributed by atoms with E-state index in [1.54, 1.807) is 19.2 Å². The van der Waals surface area contributed by atoms with Gasteiger partial charge in [0.2, 0.25) is 0 Å². The number of methoxy groups -OCH3 is 1. The number of nitrogens with one attached hydrogen (secondary N) is 1. The Morgan fingerprint density at radius 2 is 1.91 bits per heavy atom. The normalized spacial score (nSPS) is 14.2. The van der Waals surface area contributed by atoms with Gasteiger partial charge in [0.25, 0.3) is 0 Å². The number of nitrogens with zero attached hydrogens (tertiary/aromatic N) is 4. The molecule has 35 heavy (non-hydrogen) atoms. The Kier molecular flexibility index (Phi) is 6.12. The summed E-state index contributed by atoms with van der Waals surface area (Å²) in [5.74, 6) is 0. The fourth-order valence-corrected chi connectivity index (χ4v) is 4.38. The lowest BCUT2D eigenvalue weighted by Crippen LogP contribution is -2.26. The van der Waals surface area contributed by atoms with E-state index in [0.29, 0.717) is 16.7 Å². The van der Waals surface area contributed by atoms with Gasteiger partial charge in [0.05, 0.1) is 29.2 Å². The summed E-state index contributed by atoms with van der Waals surface area (Å²) in [7, 11) is 3.66. The Morgan fingerprint density at radius 1 is 1.06 bits per heavy atom. The second-order valence-electron chi connectivity index (χ2n) is 8.66. The molecule has 1 N–H and O–H groups in total. The Hall–Kier alpha value is -3.56. The Labute approximate surface area is 200 Å². The van der Waals surface area contributed by atoms with E-state index in [1.165, 1.54) is 23.4 Å². The molecule has 1 aliphatic heterocycles. The Bertz CT molecular complexity index is 1390. The summed E-state index contributed by atoms with van der Waals surface area (Å²) in [6.07, 6.45) is -2.20. The lowest BCUT2D eigenvalue weighted by Gasteiger charge is -2.25. The summed E-state index contributed by atoms with van der Waals surface area (Å²) in [6, 6.07) is 13.7. The van der Waals surface area contributed by atoms with Crippen LogP contribution in [0, 0.1) is 0 Å². The number of hydrogen-bond donors (Lipinski definition) is 1. The Morgan fingerprint density at radius 3 is 2.71 bits per heavy atom. The smallest absolute Gasteiger partial charge is 0.378 e. The minimum atomic E-state index is -4.54. The maximum atomic E-state index is 13.6. The van der Waals surface area contributed by atoms with Crippen molar-refractivity contribution in [2.45, 2.75) is 25.7 Å². The maximum Gasteiger partial charge on any atom is 0.418 e. The monoisotopic (exact) mass is 479 g/mol. The van der Waals surface area contributed by atoms with E-state index in [2.05, 4.69) is 44.3 Å². The average Bonchev–Trinajstić information content (AvgIpc) is 2.83. The second kappa shape index (κ2) is 9.24. The van der Waals surface area contributed by atoms with E-state index in [1.807, 2.05) is 12.1 Å². The lowest BCUT2D eigenvalue weighted by atomic mass is 9.99. The van der Waals surface area contributed by atoms with Crippen LogP contribution in [-0.2, 0) is 30.5 Å². The zero-order chi connectivity index (χ0) is 24.6. The van der Waals surface area contributed by atoms with Crippen LogP contribution >= 0.6 is 0 Å². The first-order chi connectivity index (χ1) is 16.8. The van der Waals surface area contributed by atoms with Crippen LogP contribution in [0.1, 0.15) is 22.4 Å². The summed E-state index contributed by atoms with van der Waals surface area (Å²) < 4.78 is 45.9. The van der Waals surface area contributed by atoms with Crippen molar-refractivity contribution in [2.75, 3.05) is 26.0 Å². The largest absolute Gasteiger partial charge is 0.418 e. The van der Waals surface area contributed by atoms with Crippen LogP contribution < -0.4 is 5.32 Å². The van der Waals surface area contributed by atoms with Gasteiger partial charge in [-0.05, 0) is 67.1 Å². The second-order valence-corrected chi connectivity index (χ2v) is 8.66. The molecule has 0 saturated carbocycles. The predicted molar refractivity (Wildman–Crippen MR) is 128 cm³/mol. The highest BCUT2D eigenvalue weighted by Gasteiger charge is 2.34. The number of fused-ring (bicyclic) bond motifs is 2. The molecule has 0 amide bonds. The average molecular weight is 480 g/mol. The summed E-state index contributed by atoms with van der Waals surface area (Å²) in [4.78, 5) is 15.2. The standard InChI is InChI=1S/C26H24F3N5O/c1-34-11-9-16-5-6-18(12-17(16)14-34)31-23-13-19(15-35-2)32-25-20(23)7-8-22(33-25)24-21(26(27,28)29)4-3-10-30-24/h3-8,10,12-13H,9,11,14-15H2,1-2H3,(H,31,32,33). The number of likely N-dealkylation sites (N-methyl/N-ethyl adjacent to an activating group) is 1. The quantitative estimate of drug-likeness (QED) is 0.403. The van der Waals surface area contributed by atoms with Crippen molar-refractivity contribution in [2.24, 2.45) is 0 Å². The third-order valence-electron chi connectivity index (χ3n) is 6.06. The van der Waals surface area contributed by atoms with Gasteiger partial charge in [-0.15, -0.1) is 0 Å². The molecule has 0 saturated heterocycles. The number of anilines is 2. The number of halogens is 3. The maximum absolute atomic E-state index is 13.6. The van der Waals surface area contributed by atoms with Crippen molar-refractivity contribution in [3.63, 3.8) is 0 Å². The summed E-state index contributed by atoms with van der Waals surface area (Å²) in [5, 5.41) is 4.14. The molecular weight excluding hydrogens is 455 g/mol. The molecule has 180 valence electrons. The van der Waals surface area contributed by atoms with Crippen LogP contribution in [0.15, 0.2) is 54.7 Å². The van der Waals surface area contributed by atoms with Crippen molar-refractivity contribution in [1.29, 1.82) is 0 Å². The number of benzene rings is 1. The fraction of sp³-hybridized carbons (Fsp3) is 0.269. The zero-order valence-corrected chi connectivity index (χ0v) is 19.4. The van der Waals surface area contributed by atoms with E-state index in [9.17, 15) is 13.2 Å². The fourth-order valence-electron chi connectivity index (χ4n) is 4.38. The molecule has 5 rings (SSSR count). The summed E-state index contributed by atoms with van der Waals surface area (Å²) in [6.45, 7) is 2.16. The number of aromatic nitrogens is 3. The Balaban J connectivity index is 1.57. The van der Waals surface area contributed by atoms with E-state index in [-0.39, 0.29) is 18.0 Å². The number of hydrogen-bond acceptors (Lipinski definition) is 6. The van der Waals surface area contributed by atoms with Crippen molar-refractivity contribution in [3.8, 4) is 11.4 Å². The van der Waals surface area contributed by atoms with E-state index in [4.69, 9.17) is 4.74 Å². The number of ether oxygens (including phenoxy) is 1. The van der Waals surface area contributed by atoms with Gasteiger partial charge in [-0.2, -0.15) is 13.2 Å². The van der Waals surface area contributed by atoms with E-state index >= 15 is 0 Å². The highest BCUT2D eigenvalue weighted by atomic mass is 19.4. The van der Waals surface area contributed by atoms with Crippen molar-refractivity contribution < 1.29 is 17.9 Å². The number of alkyl halides is 3. The molecule has 0 atom stereocenters. The van der Waals surface area contributed by atoms with Gasteiger partial charge < -0.3 is 15.0 Å². The third kappa shape index (κ3) is 4.82. The molecule has 1 aromatic carbocycles. The van der Waals surface area contributed by atoms with Gasteiger partial charge in [-0.3, -0.25) is 4.98 Å². The van der Waals surface area contributed by atoms with E-state index in [0.717, 1.165) is 37.0 Å². The molecule has 0 fully saturated rings. The molecule has 1 aliphatic rings. The topological polar surface area (TPSA) is 63.2 Å². The van der Waals surface area contributed by atoms with Crippen LogP contribution in [0.25, 0.3) is 22.4 Å². The molecule has 0 spiro atoms. The van der Waals surface area contributed by atoms with E-state index < -0.39 is 11.7 Å². The molecule has 0 aliphatic carbocycles. The molecule has 9 heteroatoms. The van der Waals surface area contributed by atoms with Crippen molar-refractivity contribution >= 4 is 22.4 Å². The first kappa shape index (κ1) is 23.2. The minimum Gasteiger partial charge on any atom is -0.378 e. The summed E-state index contributed by atoms with van der Waals surface area (Å²) >= 11 is 0. The van der Waals surface area contributed by atoms with Gasteiger partial charge in [0.15, 0.2) is 5.65 Å². The van der Waals surface area contributed by atoms with Gasteiger partial charge in [0, 0.05) is 37.5 Å². The van der Waals surface area contributed by atoms with Crippen LogP contribution in [0.2, 0.25) is 0 Å². The van der Waals surface area contributed by atoms with Crippen LogP contribution in [0.4, 0.5) is 24.5 Å². The molecular formula is C26H24F3N5O. The van der Waals surface area contributed by atoms with Gasteiger partial charge in [-0.25, -0.2) is 9.97 Å². The first-order valence-corrected chi connectivity index (χ1v) is 11.2. The highest BCUT2D eigenvalue weighted by Crippen LogP contribution is 2.36. The lowest BCUT2D eigenvalue weighted by molar-refractivity contribution is -0.137. The zero-order valence-electron chi connectivity index (χ0n) is 19.4. The SMILES string of the molecule is COCc1cc(Nc2ccc3c(c2)CN(C)CC3)c2ccc(-c3ncccc3C(F)(F)F)nc2n1. The van der Waals surface area contributed by atoms with Gasteiger partial charge in [-0.1, -0.05) is 6.07 Å². The molecule has 4 aromatic rings. The first-order valence-electron chi connectivity index (χ1n) is 11.2. The third-order valence-corrected chi connectivity index (χ3v) is 6.06. The molecule has 0 unspecified atom stereocenters. The molecule has 6 nitrogen and oxygen atoms in total.